The summed E-state index contributed by atoms with van der Waals surface area (Å²) in [5.41, 5.74) is 3.88. The molecule has 0 aliphatic heterocycles. The van der Waals surface area contributed by atoms with Gasteiger partial charge in [0.2, 0.25) is 10.0 Å². The number of fused-ring (bicyclic) bond motifs is 1. The molecular weight excluding hydrogens is 458 g/mol. The van der Waals surface area contributed by atoms with E-state index in [0.717, 1.165) is 56.1 Å². The lowest BCUT2D eigenvalue weighted by Gasteiger charge is -2.39. The Kier molecular flexibility index (Phi) is 8.13. The molecule has 0 heterocycles. The number of alkyl halides is 1. The molecular formula is C25H36ClN3O3S. The standard InChI is InChI=1S/C25H36ClN3O3S/c1-17(19-14-13-18-7-2-3-8-20(18)15-19)27-28-25(30)21-9-6-10-22(16-21)33(31,32)29-24-12-5-4-11-23(24)26/h6,9-10,16,18-20,23-24,29H,2-5,7-8,11-15H2,1H3,(H,28,30)/b27-17+. The number of hydrogen-bond donors (Lipinski definition) is 2. The zero-order valence-corrected chi connectivity index (χ0v) is 21.0. The molecule has 6 nitrogen and oxygen atoms in total. The van der Waals surface area contributed by atoms with Gasteiger partial charge in [-0.25, -0.2) is 18.6 Å². The molecule has 33 heavy (non-hydrogen) atoms. The number of rotatable bonds is 6. The third kappa shape index (κ3) is 6.17. The van der Waals surface area contributed by atoms with Gasteiger partial charge in [0.1, 0.15) is 0 Å². The highest BCUT2D eigenvalue weighted by Gasteiger charge is 2.33. The van der Waals surface area contributed by atoms with Crippen LogP contribution in [-0.2, 0) is 10.0 Å². The average molecular weight is 494 g/mol. The van der Waals surface area contributed by atoms with Crippen molar-refractivity contribution in [1.82, 2.24) is 10.1 Å². The van der Waals surface area contributed by atoms with Gasteiger partial charge >= 0.3 is 0 Å². The lowest BCUT2D eigenvalue weighted by atomic mass is 9.67. The third-order valence-electron chi connectivity index (χ3n) is 7.86. The average Bonchev–Trinajstić information content (AvgIpc) is 2.83. The van der Waals surface area contributed by atoms with Gasteiger partial charge in [-0.15, -0.1) is 11.6 Å². The Morgan fingerprint density at radius 2 is 1.73 bits per heavy atom. The molecule has 3 fully saturated rings. The first kappa shape index (κ1) is 24.7. The summed E-state index contributed by atoms with van der Waals surface area (Å²) in [6.45, 7) is 1.99. The molecule has 1 aromatic rings. The minimum absolute atomic E-state index is 0.0703. The number of carbonyl (C=O) groups is 1. The molecule has 0 spiro atoms. The van der Waals surface area contributed by atoms with E-state index in [0.29, 0.717) is 5.92 Å². The summed E-state index contributed by atoms with van der Waals surface area (Å²) >= 11 is 6.32. The second-order valence-corrected chi connectivity index (χ2v) is 12.3. The summed E-state index contributed by atoms with van der Waals surface area (Å²) in [7, 11) is -3.76. The zero-order valence-electron chi connectivity index (χ0n) is 19.4. The van der Waals surface area contributed by atoms with Crippen LogP contribution in [0.5, 0.6) is 0 Å². The van der Waals surface area contributed by atoms with E-state index in [-0.39, 0.29) is 21.9 Å². The summed E-state index contributed by atoms with van der Waals surface area (Å²) in [6.07, 6.45) is 12.4. The van der Waals surface area contributed by atoms with Gasteiger partial charge in [-0.05, 0) is 75.0 Å². The highest BCUT2D eigenvalue weighted by Crippen LogP contribution is 2.43. The monoisotopic (exact) mass is 493 g/mol. The van der Waals surface area contributed by atoms with Gasteiger partial charge < -0.3 is 0 Å². The third-order valence-corrected chi connectivity index (χ3v) is 9.87. The fraction of sp³-hybridized carbons (Fsp3) is 0.680. The molecule has 3 aliphatic carbocycles. The van der Waals surface area contributed by atoms with Crippen molar-refractivity contribution >= 4 is 33.2 Å². The number of amides is 1. The van der Waals surface area contributed by atoms with E-state index < -0.39 is 15.9 Å². The quantitative estimate of drug-likeness (QED) is 0.323. The maximum Gasteiger partial charge on any atom is 0.271 e. The molecule has 5 unspecified atom stereocenters. The van der Waals surface area contributed by atoms with Crippen LogP contribution in [-0.4, -0.2) is 31.5 Å². The predicted molar refractivity (Wildman–Crippen MR) is 132 cm³/mol. The van der Waals surface area contributed by atoms with Crippen molar-refractivity contribution in [2.75, 3.05) is 0 Å². The van der Waals surface area contributed by atoms with Crippen molar-refractivity contribution in [2.24, 2.45) is 22.9 Å². The van der Waals surface area contributed by atoms with Gasteiger partial charge in [0.25, 0.3) is 5.91 Å². The first-order chi connectivity index (χ1) is 15.8. The van der Waals surface area contributed by atoms with Crippen LogP contribution >= 0.6 is 11.6 Å². The number of nitrogens with zero attached hydrogens (tertiary/aromatic N) is 1. The van der Waals surface area contributed by atoms with E-state index in [1.807, 2.05) is 6.92 Å². The van der Waals surface area contributed by atoms with Gasteiger partial charge in [0.15, 0.2) is 0 Å². The molecule has 5 atom stereocenters. The fourth-order valence-electron chi connectivity index (χ4n) is 5.84. The molecule has 3 saturated carbocycles. The van der Waals surface area contributed by atoms with E-state index in [9.17, 15) is 13.2 Å². The molecule has 4 rings (SSSR count). The first-order valence-corrected chi connectivity index (χ1v) is 14.4. The summed E-state index contributed by atoms with van der Waals surface area (Å²) in [4.78, 5) is 12.8. The highest BCUT2D eigenvalue weighted by molar-refractivity contribution is 7.89. The topological polar surface area (TPSA) is 87.6 Å². The van der Waals surface area contributed by atoms with Crippen LogP contribution in [0.4, 0.5) is 0 Å². The van der Waals surface area contributed by atoms with Crippen molar-refractivity contribution in [3.63, 3.8) is 0 Å². The smallest absolute Gasteiger partial charge is 0.267 e. The minimum Gasteiger partial charge on any atom is -0.267 e. The number of hydrazone groups is 1. The number of hydrogen-bond acceptors (Lipinski definition) is 4. The first-order valence-electron chi connectivity index (χ1n) is 12.4. The maximum atomic E-state index is 12.9. The Labute approximate surface area is 203 Å². The van der Waals surface area contributed by atoms with Crippen molar-refractivity contribution in [2.45, 2.75) is 93.9 Å². The number of nitrogens with one attached hydrogen (secondary N) is 2. The Morgan fingerprint density at radius 1 is 1.00 bits per heavy atom. The molecule has 1 aromatic carbocycles. The van der Waals surface area contributed by atoms with Crippen LogP contribution in [0.25, 0.3) is 0 Å². The van der Waals surface area contributed by atoms with Crippen molar-refractivity contribution in [3.8, 4) is 0 Å². The highest BCUT2D eigenvalue weighted by atomic mass is 35.5. The molecule has 182 valence electrons. The molecule has 3 aliphatic rings. The molecule has 1 amide bonds. The number of benzene rings is 1. The van der Waals surface area contributed by atoms with Crippen LogP contribution in [0.2, 0.25) is 0 Å². The number of halogens is 1. The maximum absolute atomic E-state index is 12.9. The Hall–Kier alpha value is -1.44. The van der Waals surface area contributed by atoms with Gasteiger partial charge in [-0.2, -0.15) is 5.10 Å². The number of carbonyl (C=O) groups excluding carboxylic acids is 1. The molecule has 0 saturated heterocycles. The number of sulfonamides is 1. The Morgan fingerprint density at radius 3 is 2.52 bits per heavy atom. The largest absolute Gasteiger partial charge is 0.271 e. The van der Waals surface area contributed by atoms with Crippen LogP contribution < -0.4 is 10.1 Å². The van der Waals surface area contributed by atoms with Crippen molar-refractivity contribution < 1.29 is 13.2 Å². The molecule has 2 N–H and O–H groups in total. The summed E-state index contributed by atoms with van der Waals surface area (Å²) in [5, 5.41) is 4.18. The summed E-state index contributed by atoms with van der Waals surface area (Å²) < 4.78 is 28.5. The van der Waals surface area contributed by atoms with Gasteiger partial charge in [0.05, 0.1) is 4.90 Å². The second-order valence-electron chi connectivity index (χ2n) is 10.1. The van der Waals surface area contributed by atoms with Crippen LogP contribution in [0, 0.1) is 17.8 Å². The Bertz CT molecular complexity index is 981. The SMILES string of the molecule is C/C(=N\NC(=O)c1cccc(S(=O)(=O)NC2CCCCC2Cl)c1)C1CCC2CCCCC2C1. The zero-order chi connectivity index (χ0) is 23.4. The van der Waals surface area contributed by atoms with E-state index in [1.165, 1.54) is 44.2 Å². The van der Waals surface area contributed by atoms with Crippen LogP contribution in [0.3, 0.4) is 0 Å². The Balaban J connectivity index is 1.38. The van der Waals surface area contributed by atoms with E-state index in [2.05, 4.69) is 15.2 Å². The molecule has 0 radical (unpaired) electrons. The van der Waals surface area contributed by atoms with Crippen LogP contribution in [0.15, 0.2) is 34.3 Å². The van der Waals surface area contributed by atoms with Crippen molar-refractivity contribution in [3.05, 3.63) is 29.8 Å². The van der Waals surface area contributed by atoms with Gasteiger partial charge in [-0.1, -0.05) is 44.6 Å². The lowest BCUT2D eigenvalue weighted by molar-refractivity contribution is 0.0953. The molecule has 0 aromatic heterocycles. The van der Waals surface area contributed by atoms with E-state index in [4.69, 9.17) is 11.6 Å². The van der Waals surface area contributed by atoms with Gasteiger partial charge in [-0.3, -0.25) is 4.79 Å². The normalized spacial score (nSPS) is 31.0. The summed E-state index contributed by atoms with van der Waals surface area (Å²) in [5.74, 6) is 1.69. The molecule has 8 heteroatoms. The fourth-order valence-corrected chi connectivity index (χ4v) is 7.61. The van der Waals surface area contributed by atoms with Crippen molar-refractivity contribution in [1.29, 1.82) is 0 Å². The van der Waals surface area contributed by atoms with Gasteiger partial charge in [0, 0.05) is 22.7 Å². The second kappa shape index (κ2) is 10.9. The van der Waals surface area contributed by atoms with E-state index >= 15 is 0 Å². The minimum atomic E-state index is -3.76. The summed E-state index contributed by atoms with van der Waals surface area (Å²) in [6, 6.07) is 5.82. The lowest BCUT2D eigenvalue weighted by Crippen LogP contribution is -2.42. The molecule has 0 bridgehead atoms. The predicted octanol–water partition coefficient (Wildman–Crippen LogP) is 5.23. The van der Waals surface area contributed by atoms with E-state index in [1.54, 1.807) is 12.1 Å². The van der Waals surface area contributed by atoms with Crippen LogP contribution in [0.1, 0.15) is 87.9 Å².